The molecule has 1 aromatic rings. The number of hydrogen-bond donors (Lipinski definition) is 1. The molecule has 1 atom stereocenters. The molecule has 136 valence electrons. The molecule has 1 fully saturated rings. The Bertz CT molecular complexity index is 654. The van der Waals surface area contributed by atoms with Crippen molar-refractivity contribution in [3.63, 3.8) is 0 Å². The van der Waals surface area contributed by atoms with E-state index < -0.39 is 6.10 Å². The molecule has 2 rings (SSSR count). The van der Waals surface area contributed by atoms with Crippen molar-refractivity contribution in [3.05, 3.63) is 23.8 Å². The van der Waals surface area contributed by atoms with Crippen LogP contribution in [0.3, 0.4) is 0 Å². The molecular weight excluding hydrogens is 322 g/mol. The van der Waals surface area contributed by atoms with Gasteiger partial charge in [0.2, 0.25) is 5.91 Å². The van der Waals surface area contributed by atoms with Gasteiger partial charge in [0.25, 0.3) is 5.91 Å². The quantitative estimate of drug-likeness (QED) is 0.574. The highest BCUT2D eigenvalue weighted by atomic mass is 16.5. The van der Waals surface area contributed by atoms with Crippen molar-refractivity contribution >= 4 is 18.0 Å². The third-order valence-electron chi connectivity index (χ3n) is 3.70. The maximum Gasteiger partial charge on any atom is 0.262 e. The average Bonchev–Trinajstić information content (AvgIpc) is 3.41. The summed E-state index contributed by atoms with van der Waals surface area (Å²) in [6.45, 7) is 4.03. The van der Waals surface area contributed by atoms with Gasteiger partial charge in [-0.15, -0.1) is 0 Å². The van der Waals surface area contributed by atoms with E-state index in [1.165, 1.54) is 4.90 Å². The number of hydrazone groups is 1. The fourth-order valence-electron chi connectivity index (χ4n) is 2.18. The summed E-state index contributed by atoms with van der Waals surface area (Å²) in [7, 11) is 3.36. The molecule has 2 amide bonds. The van der Waals surface area contributed by atoms with Crippen molar-refractivity contribution in [3.8, 4) is 11.5 Å². The van der Waals surface area contributed by atoms with Crippen LogP contribution in [0.2, 0.25) is 0 Å². The molecule has 0 aliphatic heterocycles. The summed E-state index contributed by atoms with van der Waals surface area (Å²) < 4.78 is 11.3. The number of rotatable bonds is 8. The van der Waals surface area contributed by atoms with Crippen LogP contribution in [-0.4, -0.2) is 49.7 Å². The van der Waals surface area contributed by atoms with Crippen molar-refractivity contribution in [1.82, 2.24) is 10.3 Å². The van der Waals surface area contributed by atoms with E-state index in [-0.39, 0.29) is 17.7 Å². The number of ether oxygens (including phenoxy) is 2. The lowest BCUT2D eigenvalue weighted by molar-refractivity contribution is -0.135. The Labute approximate surface area is 148 Å². The van der Waals surface area contributed by atoms with Crippen LogP contribution in [0.4, 0.5) is 0 Å². The summed E-state index contributed by atoms with van der Waals surface area (Å²) in [5.74, 6) is 0.956. The summed E-state index contributed by atoms with van der Waals surface area (Å²) in [6, 6.07) is 5.28. The number of amides is 2. The first kappa shape index (κ1) is 18.8. The van der Waals surface area contributed by atoms with E-state index in [9.17, 15) is 9.59 Å². The SMILES string of the molecule is CCOc1cc(/C=N\NC(=O)C2CC2)ccc1O[C@@H](C)C(=O)N(C)C. The zero-order valence-corrected chi connectivity index (χ0v) is 15.1. The molecule has 1 aliphatic rings. The Morgan fingerprint density at radius 2 is 2.08 bits per heavy atom. The van der Waals surface area contributed by atoms with Gasteiger partial charge in [-0.3, -0.25) is 9.59 Å². The van der Waals surface area contributed by atoms with Gasteiger partial charge in [-0.25, -0.2) is 5.43 Å². The molecule has 0 spiro atoms. The number of carbonyl (C=O) groups excluding carboxylic acids is 2. The molecule has 1 aliphatic carbocycles. The lowest BCUT2D eigenvalue weighted by Gasteiger charge is -2.20. The number of hydrogen-bond acceptors (Lipinski definition) is 5. The molecule has 1 aromatic carbocycles. The highest BCUT2D eigenvalue weighted by Crippen LogP contribution is 2.30. The van der Waals surface area contributed by atoms with E-state index >= 15 is 0 Å². The van der Waals surface area contributed by atoms with Crippen molar-refractivity contribution in [2.45, 2.75) is 32.8 Å². The Morgan fingerprint density at radius 1 is 1.36 bits per heavy atom. The van der Waals surface area contributed by atoms with Crippen molar-refractivity contribution < 1.29 is 19.1 Å². The largest absolute Gasteiger partial charge is 0.490 e. The van der Waals surface area contributed by atoms with E-state index in [0.717, 1.165) is 18.4 Å². The molecule has 1 saturated carbocycles. The van der Waals surface area contributed by atoms with E-state index in [1.807, 2.05) is 6.92 Å². The fourth-order valence-corrected chi connectivity index (χ4v) is 2.18. The molecule has 0 radical (unpaired) electrons. The minimum absolute atomic E-state index is 0.0442. The van der Waals surface area contributed by atoms with E-state index in [0.29, 0.717) is 18.1 Å². The molecule has 7 nitrogen and oxygen atoms in total. The second-order valence-electron chi connectivity index (χ2n) is 6.14. The van der Waals surface area contributed by atoms with Gasteiger partial charge in [-0.05, 0) is 50.5 Å². The normalized spacial score (nSPS) is 14.9. The lowest BCUT2D eigenvalue weighted by Crippen LogP contribution is -2.35. The molecular formula is C18H25N3O4. The fraction of sp³-hybridized carbons (Fsp3) is 0.500. The summed E-state index contributed by atoms with van der Waals surface area (Å²) in [5, 5.41) is 3.96. The molecule has 0 bridgehead atoms. The van der Waals surface area contributed by atoms with Crippen molar-refractivity contribution in [2.24, 2.45) is 11.0 Å². The topological polar surface area (TPSA) is 80.2 Å². The Kier molecular flexibility index (Phi) is 6.38. The van der Waals surface area contributed by atoms with Gasteiger partial charge in [0.15, 0.2) is 17.6 Å². The van der Waals surface area contributed by atoms with Crippen molar-refractivity contribution in [1.29, 1.82) is 0 Å². The Morgan fingerprint density at radius 3 is 2.68 bits per heavy atom. The van der Waals surface area contributed by atoms with Gasteiger partial charge in [0, 0.05) is 20.0 Å². The van der Waals surface area contributed by atoms with Crippen LogP contribution in [0.1, 0.15) is 32.3 Å². The van der Waals surface area contributed by atoms with Gasteiger partial charge < -0.3 is 14.4 Å². The summed E-state index contributed by atoms with van der Waals surface area (Å²) in [6.07, 6.45) is 2.81. The number of carbonyl (C=O) groups is 2. The van der Waals surface area contributed by atoms with Gasteiger partial charge in [-0.1, -0.05) is 0 Å². The van der Waals surface area contributed by atoms with Crippen LogP contribution in [-0.2, 0) is 9.59 Å². The molecule has 0 heterocycles. The van der Waals surface area contributed by atoms with E-state index in [2.05, 4.69) is 10.5 Å². The number of likely N-dealkylation sites (N-methyl/N-ethyl adjacent to an activating group) is 1. The molecule has 0 aromatic heterocycles. The highest BCUT2D eigenvalue weighted by molar-refractivity contribution is 5.85. The summed E-state index contributed by atoms with van der Waals surface area (Å²) in [4.78, 5) is 25.0. The minimum Gasteiger partial charge on any atom is -0.490 e. The van der Waals surface area contributed by atoms with Crippen LogP contribution in [0.5, 0.6) is 11.5 Å². The Balaban J connectivity index is 2.06. The second-order valence-corrected chi connectivity index (χ2v) is 6.14. The predicted molar refractivity (Wildman–Crippen MR) is 94.9 cm³/mol. The molecule has 1 N–H and O–H groups in total. The molecule has 7 heteroatoms. The van der Waals surface area contributed by atoms with Crippen molar-refractivity contribution in [2.75, 3.05) is 20.7 Å². The maximum atomic E-state index is 11.9. The monoisotopic (exact) mass is 347 g/mol. The number of benzene rings is 1. The zero-order valence-electron chi connectivity index (χ0n) is 15.1. The molecule has 25 heavy (non-hydrogen) atoms. The second kappa shape index (κ2) is 8.50. The third-order valence-corrected chi connectivity index (χ3v) is 3.70. The summed E-state index contributed by atoms with van der Waals surface area (Å²) >= 11 is 0. The molecule has 0 saturated heterocycles. The first-order valence-electron chi connectivity index (χ1n) is 8.40. The van der Waals surface area contributed by atoms with Crippen LogP contribution < -0.4 is 14.9 Å². The van der Waals surface area contributed by atoms with Gasteiger partial charge in [0.05, 0.1) is 12.8 Å². The highest BCUT2D eigenvalue weighted by Gasteiger charge is 2.29. The smallest absolute Gasteiger partial charge is 0.262 e. The van der Waals surface area contributed by atoms with Crippen LogP contribution in [0.25, 0.3) is 0 Å². The average molecular weight is 347 g/mol. The van der Waals surface area contributed by atoms with Crippen LogP contribution in [0.15, 0.2) is 23.3 Å². The van der Waals surface area contributed by atoms with E-state index in [1.54, 1.807) is 45.4 Å². The molecule has 0 unspecified atom stereocenters. The van der Waals surface area contributed by atoms with Gasteiger partial charge in [-0.2, -0.15) is 5.10 Å². The number of nitrogens with zero attached hydrogens (tertiary/aromatic N) is 2. The third kappa shape index (κ3) is 5.48. The van der Waals surface area contributed by atoms with Gasteiger partial charge >= 0.3 is 0 Å². The standard InChI is InChI=1S/C18H25N3O4/c1-5-24-16-10-13(11-19-20-17(22)14-7-8-14)6-9-15(16)25-12(2)18(23)21(3)4/h6,9-12,14H,5,7-8H2,1-4H3,(H,20,22)/b19-11-/t12-/m0/s1. The van der Waals surface area contributed by atoms with Gasteiger partial charge in [0.1, 0.15) is 0 Å². The maximum absolute atomic E-state index is 11.9. The number of nitrogens with one attached hydrogen (secondary N) is 1. The predicted octanol–water partition coefficient (Wildman–Crippen LogP) is 1.80. The zero-order chi connectivity index (χ0) is 18.4. The van der Waals surface area contributed by atoms with Crippen LogP contribution >= 0.6 is 0 Å². The van der Waals surface area contributed by atoms with Crippen LogP contribution in [0, 0.1) is 5.92 Å². The first-order chi connectivity index (χ1) is 11.9. The van der Waals surface area contributed by atoms with E-state index in [4.69, 9.17) is 9.47 Å². The summed E-state index contributed by atoms with van der Waals surface area (Å²) in [5.41, 5.74) is 3.29. The minimum atomic E-state index is -0.619. The Hall–Kier alpha value is -2.57. The lowest BCUT2D eigenvalue weighted by atomic mass is 10.2. The first-order valence-corrected chi connectivity index (χ1v) is 8.40.